The maximum atomic E-state index is 12.1. The van der Waals surface area contributed by atoms with Crippen LogP contribution in [0.1, 0.15) is 26.4 Å². The van der Waals surface area contributed by atoms with Crippen LogP contribution in [0.3, 0.4) is 0 Å². The lowest BCUT2D eigenvalue weighted by atomic mass is 10.1. The van der Waals surface area contributed by atoms with Crippen LogP contribution < -0.4 is 10.2 Å². The van der Waals surface area contributed by atoms with Gasteiger partial charge in [-0.25, -0.2) is 10.2 Å². The Morgan fingerprint density at radius 1 is 1.15 bits per heavy atom. The number of nitrogens with one attached hydrogen (secondary N) is 2. The number of amides is 1. The van der Waals surface area contributed by atoms with E-state index in [0.717, 1.165) is 11.3 Å². The first-order valence-electron chi connectivity index (χ1n) is 7.93. The Morgan fingerprint density at radius 3 is 2.48 bits per heavy atom. The second-order valence-corrected chi connectivity index (χ2v) is 5.52. The average molecular weight is 364 g/mol. The van der Waals surface area contributed by atoms with Crippen molar-refractivity contribution in [3.8, 4) is 17.0 Å². The molecule has 8 heteroatoms. The van der Waals surface area contributed by atoms with Crippen molar-refractivity contribution in [2.24, 2.45) is 5.10 Å². The Hall–Kier alpha value is -3.94. The molecule has 3 N–H and O–H groups in total. The standard InChI is InChI=1S/C19H16N4O4/c1-27-15-8-6-13(7-9-15)16-10-17(22-21-16)18(24)23-20-11-12-2-4-14(5-3-12)19(25)26/h2-11H,1H3,(H,21,22)(H,23,24)(H,25,26)/b20-11+. The van der Waals surface area contributed by atoms with E-state index in [-0.39, 0.29) is 11.3 Å². The van der Waals surface area contributed by atoms with Crippen LogP contribution in [-0.4, -0.2) is 40.5 Å². The van der Waals surface area contributed by atoms with E-state index in [1.807, 2.05) is 24.3 Å². The predicted octanol–water partition coefficient (Wildman–Crippen LogP) is 2.55. The number of ether oxygens (including phenoxy) is 1. The Labute approximate surface area is 154 Å². The minimum Gasteiger partial charge on any atom is -0.497 e. The molecule has 1 aromatic heterocycles. The van der Waals surface area contributed by atoms with Gasteiger partial charge in [-0.3, -0.25) is 9.89 Å². The Balaban J connectivity index is 1.62. The summed E-state index contributed by atoms with van der Waals surface area (Å²) < 4.78 is 5.11. The number of methoxy groups -OCH3 is 1. The van der Waals surface area contributed by atoms with Gasteiger partial charge in [0.05, 0.1) is 24.6 Å². The lowest BCUT2D eigenvalue weighted by Gasteiger charge is -2.00. The molecule has 8 nitrogen and oxygen atoms in total. The Bertz CT molecular complexity index is 976. The normalized spacial score (nSPS) is 10.7. The zero-order valence-electron chi connectivity index (χ0n) is 14.3. The van der Waals surface area contributed by atoms with E-state index in [4.69, 9.17) is 9.84 Å². The quantitative estimate of drug-likeness (QED) is 0.459. The summed E-state index contributed by atoms with van der Waals surface area (Å²) in [5, 5.41) is 19.5. The lowest BCUT2D eigenvalue weighted by Crippen LogP contribution is -2.18. The van der Waals surface area contributed by atoms with Gasteiger partial charge in [0.2, 0.25) is 0 Å². The molecule has 0 aliphatic heterocycles. The highest BCUT2D eigenvalue weighted by atomic mass is 16.5. The number of benzene rings is 2. The van der Waals surface area contributed by atoms with Crippen LogP contribution in [0, 0.1) is 0 Å². The van der Waals surface area contributed by atoms with Crippen molar-refractivity contribution in [2.45, 2.75) is 0 Å². The number of hydrazone groups is 1. The van der Waals surface area contributed by atoms with E-state index in [0.29, 0.717) is 11.3 Å². The summed E-state index contributed by atoms with van der Waals surface area (Å²) in [7, 11) is 1.59. The number of rotatable bonds is 6. The number of carboxylic acids is 1. The third-order valence-corrected chi connectivity index (χ3v) is 3.75. The van der Waals surface area contributed by atoms with Crippen molar-refractivity contribution >= 4 is 18.1 Å². The third-order valence-electron chi connectivity index (χ3n) is 3.75. The highest BCUT2D eigenvalue weighted by molar-refractivity contribution is 5.94. The number of H-pyrrole nitrogens is 1. The second-order valence-electron chi connectivity index (χ2n) is 5.52. The van der Waals surface area contributed by atoms with Gasteiger partial charge < -0.3 is 9.84 Å². The molecule has 3 aromatic rings. The van der Waals surface area contributed by atoms with Crippen molar-refractivity contribution in [1.82, 2.24) is 15.6 Å². The van der Waals surface area contributed by atoms with Gasteiger partial charge in [-0.1, -0.05) is 12.1 Å². The third kappa shape index (κ3) is 4.37. The Kier molecular flexibility index (Phi) is 5.27. The number of hydrogen-bond donors (Lipinski definition) is 3. The van der Waals surface area contributed by atoms with E-state index < -0.39 is 11.9 Å². The zero-order valence-corrected chi connectivity index (χ0v) is 14.3. The number of nitrogens with zero attached hydrogens (tertiary/aromatic N) is 2. The molecule has 0 radical (unpaired) electrons. The lowest BCUT2D eigenvalue weighted by molar-refractivity contribution is 0.0696. The summed E-state index contributed by atoms with van der Waals surface area (Å²) in [6, 6.07) is 15.0. The summed E-state index contributed by atoms with van der Waals surface area (Å²) >= 11 is 0. The summed E-state index contributed by atoms with van der Waals surface area (Å²) in [5.41, 5.74) is 4.95. The van der Waals surface area contributed by atoms with Crippen LogP contribution in [0.2, 0.25) is 0 Å². The molecular weight excluding hydrogens is 348 g/mol. The van der Waals surface area contributed by atoms with Crippen LogP contribution >= 0.6 is 0 Å². The second kappa shape index (κ2) is 7.96. The van der Waals surface area contributed by atoms with Crippen molar-refractivity contribution in [1.29, 1.82) is 0 Å². The van der Waals surface area contributed by atoms with Gasteiger partial charge in [-0.05, 0) is 48.0 Å². The molecular formula is C19H16N4O4. The topological polar surface area (TPSA) is 117 Å². The van der Waals surface area contributed by atoms with Gasteiger partial charge in [0.25, 0.3) is 5.91 Å². The fourth-order valence-corrected chi connectivity index (χ4v) is 2.29. The predicted molar refractivity (Wildman–Crippen MR) is 99.0 cm³/mol. The maximum absolute atomic E-state index is 12.1. The highest BCUT2D eigenvalue weighted by Crippen LogP contribution is 2.21. The van der Waals surface area contributed by atoms with Gasteiger partial charge >= 0.3 is 5.97 Å². The Morgan fingerprint density at radius 2 is 1.85 bits per heavy atom. The van der Waals surface area contributed by atoms with Gasteiger partial charge in [0, 0.05) is 5.56 Å². The van der Waals surface area contributed by atoms with E-state index in [1.165, 1.54) is 18.3 Å². The number of carboxylic acid groups (broad SMARTS) is 1. The summed E-state index contributed by atoms with van der Waals surface area (Å²) in [4.78, 5) is 22.9. The fourth-order valence-electron chi connectivity index (χ4n) is 2.29. The van der Waals surface area contributed by atoms with Crippen LogP contribution in [0.15, 0.2) is 59.7 Å². The monoisotopic (exact) mass is 364 g/mol. The van der Waals surface area contributed by atoms with Crippen molar-refractivity contribution < 1.29 is 19.4 Å². The molecule has 0 fully saturated rings. The number of hydrogen-bond acceptors (Lipinski definition) is 5. The number of aromatic amines is 1. The summed E-state index contributed by atoms with van der Waals surface area (Å²) in [5.74, 6) is -0.711. The number of carbonyl (C=O) groups is 2. The molecule has 136 valence electrons. The van der Waals surface area contributed by atoms with Gasteiger partial charge in [0.1, 0.15) is 11.4 Å². The molecule has 2 aromatic carbocycles. The van der Waals surface area contributed by atoms with Crippen LogP contribution in [0.25, 0.3) is 11.3 Å². The largest absolute Gasteiger partial charge is 0.497 e. The number of aromatic carboxylic acids is 1. The first-order valence-corrected chi connectivity index (χ1v) is 7.93. The van der Waals surface area contributed by atoms with E-state index in [2.05, 4.69) is 20.7 Å². The van der Waals surface area contributed by atoms with Crippen LogP contribution in [0.4, 0.5) is 0 Å². The molecule has 0 aliphatic carbocycles. The molecule has 1 heterocycles. The molecule has 0 saturated heterocycles. The van der Waals surface area contributed by atoms with Gasteiger partial charge in [-0.15, -0.1) is 0 Å². The zero-order chi connectivity index (χ0) is 19.2. The molecule has 0 saturated carbocycles. The molecule has 0 unspecified atom stereocenters. The van der Waals surface area contributed by atoms with Crippen LogP contribution in [0.5, 0.6) is 5.75 Å². The fraction of sp³-hybridized carbons (Fsp3) is 0.0526. The average Bonchev–Trinajstić information content (AvgIpc) is 3.19. The molecule has 0 aliphatic rings. The maximum Gasteiger partial charge on any atom is 0.335 e. The van der Waals surface area contributed by atoms with Crippen molar-refractivity contribution in [3.63, 3.8) is 0 Å². The minimum absolute atomic E-state index is 0.180. The molecule has 3 rings (SSSR count). The van der Waals surface area contributed by atoms with Gasteiger partial charge in [-0.2, -0.15) is 10.2 Å². The number of aromatic nitrogens is 2. The minimum atomic E-state index is -1.00. The van der Waals surface area contributed by atoms with Crippen molar-refractivity contribution in [2.75, 3.05) is 7.11 Å². The number of carbonyl (C=O) groups excluding carboxylic acids is 1. The molecule has 0 atom stereocenters. The van der Waals surface area contributed by atoms with E-state index in [9.17, 15) is 9.59 Å². The van der Waals surface area contributed by atoms with Crippen LogP contribution in [-0.2, 0) is 0 Å². The van der Waals surface area contributed by atoms with Crippen molar-refractivity contribution in [3.05, 3.63) is 71.4 Å². The molecule has 27 heavy (non-hydrogen) atoms. The molecule has 1 amide bonds. The first kappa shape index (κ1) is 17.9. The smallest absolute Gasteiger partial charge is 0.335 e. The van der Waals surface area contributed by atoms with E-state index >= 15 is 0 Å². The first-order chi connectivity index (χ1) is 13.1. The van der Waals surface area contributed by atoms with Gasteiger partial charge in [0.15, 0.2) is 0 Å². The van der Waals surface area contributed by atoms with E-state index in [1.54, 1.807) is 25.3 Å². The summed E-state index contributed by atoms with van der Waals surface area (Å²) in [6.45, 7) is 0. The summed E-state index contributed by atoms with van der Waals surface area (Å²) in [6.07, 6.45) is 1.42. The highest BCUT2D eigenvalue weighted by Gasteiger charge is 2.10. The SMILES string of the molecule is COc1ccc(-c2cc(C(=O)N/N=C/c3ccc(C(=O)O)cc3)[nH]n2)cc1. The molecule has 0 bridgehead atoms. The molecule has 0 spiro atoms.